The Bertz CT molecular complexity index is 458. The van der Waals surface area contributed by atoms with E-state index in [9.17, 15) is 4.79 Å². The molecule has 1 unspecified atom stereocenters. The third-order valence-corrected chi connectivity index (χ3v) is 4.13. The van der Waals surface area contributed by atoms with Crippen LogP contribution in [0.3, 0.4) is 0 Å². The van der Waals surface area contributed by atoms with Crippen LogP contribution in [0.2, 0.25) is 0 Å². The molecule has 0 spiro atoms. The van der Waals surface area contributed by atoms with Crippen LogP contribution in [-0.4, -0.2) is 48.9 Å². The molecule has 1 amide bonds. The average molecular weight is 326 g/mol. The fraction of sp³-hybridized carbons (Fsp3) is 0.500. The van der Waals surface area contributed by atoms with Crippen LogP contribution in [0.1, 0.15) is 23.2 Å². The summed E-state index contributed by atoms with van der Waals surface area (Å²) in [6.07, 6.45) is 2.38. The highest BCUT2D eigenvalue weighted by Crippen LogP contribution is 2.20. The number of nitrogens with zero attached hydrogens (tertiary/aromatic N) is 2. The Morgan fingerprint density at radius 1 is 1.53 bits per heavy atom. The first-order valence-corrected chi connectivity index (χ1v) is 7.28. The quantitative estimate of drug-likeness (QED) is 0.867. The number of rotatable bonds is 3. The fourth-order valence-corrected chi connectivity index (χ4v) is 3.08. The van der Waals surface area contributed by atoms with Crippen LogP contribution in [0, 0.1) is 0 Å². The minimum Gasteiger partial charge on any atom is -0.399 e. The van der Waals surface area contributed by atoms with Crippen LogP contribution in [0.4, 0.5) is 5.69 Å². The first-order valence-electron chi connectivity index (χ1n) is 6.49. The minimum atomic E-state index is 0.0216. The van der Waals surface area contributed by atoms with E-state index in [2.05, 4.69) is 27.9 Å². The molecule has 0 aliphatic carbocycles. The highest BCUT2D eigenvalue weighted by atomic mass is 79.9. The Labute approximate surface area is 122 Å². The summed E-state index contributed by atoms with van der Waals surface area (Å²) in [5, 5.41) is 0. The summed E-state index contributed by atoms with van der Waals surface area (Å²) in [6.45, 7) is 1.89. The lowest BCUT2D eigenvalue weighted by Gasteiger charge is -2.26. The number of anilines is 1. The molecule has 1 fully saturated rings. The van der Waals surface area contributed by atoms with Crippen molar-refractivity contribution in [1.29, 1.82) is 0 Å². The molecule has 0 radical (unpaired) electrons. The van der Waals surface area contributed by atoms with Crippen LogP contribution < -0.4 is 5.73 Å². The third kappa shape index (κ3) is 3.48. The van der Waals surface area contributed by atoms with Gasteiger partial charge in [-0.1, -0.05) is 15.9 Å². The van der Waals surface area contributed by atoms with Crippen LogP contribution in [0.15, 0.2) is 22.7 Å². The molecule has 0 aromatic heterocycles. The molecule has 1 heterocycles. The molecule has 2 N–H and O–H groups in total. The molecule has 1 atom stereocenters. The van der Waals surface area contributed by atoms with Gasteiger partial charge in [-0.3, -0.25) is 4.79 Å². The van der Waals surface area contributed by atoms with Gasteiger partial charge in [-0.2, -0.15) is 0 Å². The molecular formula is C14H20BrN3O. The van der Waals surface area contributed by atoms with Crippen molar-refractivity contribution in [3.8, 4) is 0 Å². The maximum atomic E-state index is 12.4. The molecular weight excluding hydrogens is 306 g/mol. The Morgan fingerprint density at radius 2 is 2.26 bits per heavy atom. The molecule has 1 aromatic carbocycles. The molecule has 19 heavy (non-hydrogen) atoms. The zero-order valence-electron chi connectivity index (χ0n) is 11.4. The fourth-order valence-electron chi connectivity index (χ4n) is 2.57. The largest absolute Gasteiger partial charge is 0.399 e. The Balaban J connectivity index is 2.06. The van der Waals surface area contributed by atoms with Gasteiger partial charge < -0.3 is 15.5 Å². The predicted molar refractivity (Wildman–Crippen MR) is 81.2 cm³/mol. The maximum Gasteiger partial charge on any atom is 0.253 e. The topological polar surface area (TPSA) is 49.6 Å². The van der Waals surface area contributed by atoms with Gasteiger partial charge in [-0.15, -0.1) is 0 Å². The molecule has 104 valence electrons. The van der Waals surface area contributed by atoms with Gasteiger partial charge in [-0.25, -0.2) is 0 Å². The normalized spacial score (nSPS) is 19.6. The minimum absolute atomic E-state index is 0.0216. The molecule has 0 saturated carbocycles. The van der Waals surface area contributed by atoms with Gasteiger partial charge in [0.2, 0.25) is 0 Å². The summed E-state index contributed by atoms with van der Waals surface area (Å²) in [4.78, 5) is 16.5. The van der Waals surface area contributed by atoms with E-state index in [1.807, 2.05) is 13.1 Å². The Kier molecular flexibility index (Phi) is 4.47. The molecule has 1 aliphatic rings. The number of carbonyl (C=O) groups is 1. The lowest BCUT2D eigenvalue weighted by atomic mass is 10.1. The van der Waals surface area contributed by atoms with Crippen molar-refractivity contribution in [3.05, 3.63) is 28.2 Å². The summed E-state index contributed by atoms with van der Waals surface area (Å²) in [5.41, 5.74) is 7.01. The van der Waals surface area contributed by atoms with E-state index < -0.39 is 0 Å². The first-order chi connectivity index (χ1) is 8.97. The van der Waals surface area contributed by atoms with Gasteiger partial charge in [0, 0.05) is 35.4 Å². The van der Waals surface area contributed by atoms with Crippen molar-refractivity contribution in [3.63, 3.8) is 0 Å². The summed E-state index contributed by atoms with van der Waals surface area (Å²) in [5.74, 6) is 0.0216. The Hall–Kier alpha value is -1.07. The van der Waals surface area contributed by atoms with Crippen molar-refractivity contribution >= 4 is 27.5 Å². The summed E-state index contributed by atoms with van der Waals surface area (Å²) >= 11 is 3.37. The molecule has 5 heteroatoms. The summed E-state index contributed by atoms with van der Waals surface area (Å²) in [7, 11) is 3.97. The van der Waals surface area contributed by atoms with Gasteiger partial charge in [0.25, 0.3) is 5.91 Å². The number of likely N-dealkylation sites (tertiary alicyclic amines) is 1. The van der Waals surface area contributed by atoms with Gasteiger partial charge in [0.1, 0.15) is 0 Å². The van der Waals surface area contributed by atoms with Gasteiger partial charge >= 0.3 is 0 Å². The third-order valence-electron chi connectivity index (χ3n) is 3.67. The second-order valence-electron chi connectivity index (χ2n) is 5.24. The number of hydrogen-bond acceptors (Lipinski definition) is 3. The number of halogens is 1. The van der Waals surface area contributed by atoms with E-state index in [1.54, 1.807) is 17.0 Å². The number of amides is 1. The lowest BCUT2D eigenvalue weighted by Crippen LogP contribution is -2.39. The molecule has 4 nitrogen and oxygen atoms in total. The zero-order chi connectivity index (χ0) is 14.0. The number of likely N-dealkylation sites (N-methyl/N-ethyl adjacent to an activating group) is 2. The molecule has 1 aromatic rings. The Morgan fingerprint density at radius 3 is 2.84 bits per heavy atom. The number of hydrogen-bond donors (Lipinski definition) is 1. The first kappa shape index (κ1) is 14.3. The molecule has 1 aliphatic heterocycles. The summed E-state index contributed by atoms with van der Waals surface area (Å²) < 4.78 is 0.835. The van der Waals surface area contributed by atoms with Gasteiger partial charge in [0.05, 0.1) is 0 Å². The maximum absolute atomic E-state index is 12.4. The van der Waals surface area contributed by atoms with Gasteiger partial charge in [0.15, 0.2) is 0 Å². The van der Waals surface area contributed by atoms with Crippen molar-refractivity contribution in [2.45, 2.75) is 18.9 Å². The summed E-state index contributed by atoms with van der Waals surface area (Å²) in [6, 6.07) is 5.80. The van der Waals surface area contributed by atoms with E-state index in [4.69, 9.17) is 5.73 Å². The molecule has 2 rings (SSSR count). The number of benzene rings is 1. The highest BCUT2D eigenvalue weighted by Gasteiger charge is 2.24. The van der Waals surface area contributed by atoms with E-state index in [-0.39, 0.29) is 5.91 Å². The standard InChI is InChI=1S/C14H20BrN3O/c1-17-5-3-4-13(17)9-18(2)14(19)10-6-11(15)8-12(16)7-10/h6-8,13H,3-5,9,16H2,1-2H3. The van der Waals surface area contributed by atoms with Crippen molar-refractivity contribution in [2.75, 3.05) is 32.9 Å². The van der Waals surface area contributed by atoms with Gasteiger partial charge in [-0.05, 0) is 44.6 Å². The average Bonchev–Trinajstić information content (AvgIpc) is 2.72. The second-order valence-corrected chi connectivity index (χ2v) is 6.15. The molecule has 1 saturated heterocycles. The van der Waals surface area contributed by atoms with Crippen LogP contribution in [0.5, 0.6) is 0 Å². The second kappa shape index (κ2) is 5.92. The highest BCUT2D eigenvalue weighted by molar-refractivity contribution is 9.10. The number of nitrogen functional groups attached to an aromatic ring is 1. The monoisotopic (exact) mass is 325 g/mol. The lowest BCUT2D eigenvalue weighted by molar-refractivity contribution is 0.0761. The smallest absolute Gasteiger partial charge is 0.253 e. The van der Waals surface area contributed by atoms with E-state index in [0.717, 1.165) is 24.0 Å². The van der Waals surface area contributed by atoms with Crippen LogP contribution in [0.25, 0.3) is 0 Å². The van der Waals surface area contributed by atoms with E-state index >= 15 is 0 Å². The van der Waals surface area contributed by atoms with Crippen LogP contribution in [-0.2, 0) is 0 Å². The molecule has 0 bridgehead atoms. The van der Waals surface area contributed by atoms with Crippen molar-refractivity contribution in [1.82, 2.24) is 9.80 Å². The number of nitrogens with two attached hydrogens (primary N) is 1. The van der Waals surface area contributed by atoms with Crippen molar-refractivity contribution in [2.24, 2.45) is 0 Å². The van der Waals surface area contributed by atoms with Crippen LogP contribution >= 0.6 is 15.9 Å². The van der Waals surface area contributed by atoms with Crippen molar-refractivity contribution < 1.29 is 4.79 Å². The number of carbonyl (C=O) groups excluding carboxylic acids is 1. The predicted octanol–water partition coefficient (Wildman–Crippen LogP) is 2.20. The SMILES string of the molecule is CN(CC1CCCN1C)C(=O)c1cc(N)cc(Br)c1. The zero-order valence-corrected chi connectivity index (χ0v) is 13.0. The van der Waals surface area contributed by atoms with E-state index in [0.29, 0.717) is 17.3 Å². The van der Waals surface area contributed by atoms with E-state index in [1.165, 1.54) is 6.42 Å².